The van der Waals surface area contributed by atoms with Crippen molar-refractivity contribution in [3.05, 3.63) is 23.8 Å². The number of hydrogen-bond acceptors (Lipinski definition) is 5. The molecule has 6 nitrogen and oxygen atoms in total. The van der Waals surface area contributed by atoms with Crippen LogP contribution in [0, 0.1) is 0 Å². The molecule has 104 valence electrons. The monoisotopic (exact) mass is 266 g/mol. The lowest BCUT2D eigenvalue weighted by Crippen LogP contribution is -2.28. The molecule has 6 heteroatoms. The standard InChI is InChI=1S/C13H18N2O4/c1-15(7-3-4-12(17)19-2)13(18)9-5-6-10(14)11(16)8-9/h5-6,8,16H,3-4,7,14H2,1-2H3. The van der Waals surface area contributed by atoms with Gasteiger partial charge in [-0.15, -0.1) is 0 Å². The van der Waals surface area contributed by atoms with Crippen LogP contribution < -0.4 is 5.73 Å². The lowest BCUT2D eigenvalue weighted by atomic mass is 10.1. The number of ether oxygens (including phenoxy) is 1. The maximum Gasteiger partial charge on any atom is 0.305 e. The van der Waals surface area contributed by atoms with Crippen molar-refractivity contribution < 1.29 is 19.4 Å². The van der Waals surface area contributed by atoms with Gasteiger partial charge in [0.05, 0.1) is 12.8 Å². The second kappa shape index (κ2) is 6.63. The van der Waals surface area contributed by atoms with Crippen LogP contribution in [-0.4, -0.2) is 42.6 Å². The van der Waals surface area contributed by atoms with Crippen LogP contribution in [0.2, 0.25) is 0 Å². The van der Waals surface area contributed by atoms with Crippen LogP contribution in [0.25, 0.3) is 0 Å². The highest BCUT2D eigenvalue weighted by Gasteiger charge is 2.13. The third-order valence-corrected chi connectivity index (χ3v) is 2.73. The summed E-state index contributed by atoms with van der Waals surface area (Å²) in [6.07, 6.45) is 0.789. The van der Waals surface area contributed by atoms with E-state index in [1.165, 1.54) is 24.1 Å². The molecule has 3 N–H and O–H groups in total. The number of phenols is 1. The molecular weight excluding hydrogens is 248 g/mol. The summed E-state index contributed by atoms with van der Waals surface area (Å²) in [6.45, 7) is 0.430. The van der Waals surface area contributed by atoms with E-state index in [2.05, 4.69) is 4.74 Å². The van der Waals surface area contributed by atoms with Gasteiger partial charge in [-0.2, -0.15) is 0 Å². The average molecular weight is 266 g/mol. The Balaban J connectivity index is 2.56. The summed E-state index contributed by atoms with van der Waals surface area (Å²) in [5, 5.41) is 9.45. The van der Waals surface area contributed by atoms with Gasteiger partial charge < -0.3 is 20.5 Å². The zero-order valence-corrected chi connectivity index (χ0v) is 11.0. The Morgan fingerprint density at radius 3 is 2.68 bits per heavy atom. The van der Waals surface area contributed by atoms with Crippen LogP contribution in [0.15, 0.2) is 18.2 Å². The van der Waals surface area contributed by atoms with E-state index < -0.39 is 0 Å². The van der Waals surface area contributed by atoms with Gasteiger partial charge in [0, 0.05) is 25.6 Å². The fourth-order valence-corrected chi connectivity index (χ4v) is 1.56. The van der Waals surface area contributed by atoms with Crippen molar-refractivity contribution in [1.82, 2.24) is 4.90 Å². The van der Waals surface area contributed by atoms with Gasteiger partial charge in [0.2, 0.25) is 0 Å². The molecule has 1 rings (SSSR count). The van der Waals surface area contributed by atoms with Gasteiger partial charge >= 0.3 is 5.97 Å². The summed E-state index contributed by atoms with van der Waals surface area (Å²) in [7, 11) is 2.96. The van der Waals surface area contributed by atoms with Crippen LogP contribution in [0.1, 0.15) is 23.2 Å². The Hall–Kier alpha value is -2.24. The van der Waals surface area contributed by atoms with Gasteiger partial charge in [-0.3, -0.25) is 9.59 Å². The fourth-order valence-electron chi connectivity index (χ4n) is 1.56. The van der Waals surface area contributed by atoms with E-state index in [4.69, 9.17) is 5.73 Å². The Morgan fingerprint density at radius 2 is 2.11 bits per heavy atom. The first-order chi connectivity index (χ1) is 8.95. The molecule has 19 heavy (non-hydrogen) atoms. The molecule has 1 aromatic carbocycles. The third kappa shape index (κ3) is 4.17. The van der Waals surface area contributed by atoms with E-state index in [0.29, 0.717) is 18.5 Å². The van der Waals surface area contributed by atoms with E-state index in [0.717, 1.165) is 0 Å². The van der Waals surface area contributed by atoms with E-state index >= 15 is 0 Å². The molecule has 0 saturated carbocycles. The van der Waals surface area contributed by atoms with E-state index in [-0.39, 0.29) is 29.7 Å². The maximum atomic E-state index is 12.0. The van der Waals surface area contributed by atoms with Crippen molar-refractivity contribution in [2.45, 2.75) is 12.8 Å². The largest absolute Gasteiger partial charge is 0.506 e. The normalized spacial score (nSPS) is 10.0. The number of nitrogens with two attached hydrogens (primary N) is 1. The average Bonchev–Trinajstić information content (AvgIpc) is 2.40. The molecule has 0 saturated heterocycles. The van der Waals surface area contributed by atoms with Crippen molar-refractivity contribution >= 4 is 17.6 Å². The van der Waals surface area contributed by atoms with Gasteiger partial charge in [-0.1, -0.05) is 0 Å². The lowest BCUT2D eigenvalue weighted by molar-refractivity contribution is -0.140. The highest BCUT2D eigenvalue weighted by atomic mass is 16.5. The second-order valence-electron chi connectivity index (χ2n) is 4.18. The molecule has 0 aliphatic rings. The van der Waals surface area contributed by atoms with Crippen LogP contribution in [0.4, 0.5) is 5.69 Å². The first-order valence-electron chi connectivity index (χ1n) is 5.86. The Bertz CT molecular complexity index is 474. The highest BCUT2D eigenvalue weighted by molar-refractivity contribution is 5.95. The summed E-state index contributed by atoms with van der Waals surface area (Å²) in [4.78, 5) is 24.4. The number of benzene rings is 1. The molecule has 1 aromatic rings. The molecule has 0 unspecified atom stereocenters. The summed E-state index contributed by atoms with van der Waals surface area (Å²) in [6, 6.07) is 4.35. The number of phenolic OH excluding ortho intramolecular Hbond substituents is 1. The van der Waals surface area contributed by atoms with Crippen molar-refractivity contribution in [3.8, 4) is 5.75 Å². The number of amides is 1. The molecule has 0 aromatic heterocycles. The van der Waals surface area contributed by atoms with Crippen LogP contribution in [-0.2, 0) is 9.53 Å². The summed E-state index contributed by atoms with van der Waals surface area (Å²) in [5.74, 6) is -0.653. The minimum absolute atomic E-state index is 0.117. The van der Waals surface area contributed by atoms with Gasteiger partial charge in [0.25, 0.3) is 5.91 Å². The fraction of sp³-hybridized carbons (Fsp3) is 0.385. The van der Waals surface area contributed by atoms with Gasteiger partial charge in [0.15, 0.2) is 0 Å². The summed E-state index contributed by atoms with van der Waals surface area (Å²) >= 11 is 0. The van der Waals surface area contributed by atoms with Crippen LogP contribution >= 0.6 is 0 Å². The molecule has 0 aliphatic heterocycles. The number of carbonyl (C=O) groups excluding carboxylic acids is 2. The Morgan fingerprint density at radius 1 is 1.42 bits per heavy atom. The van der Waals surface area contributed by atoms with Crippen molar-refractivity contribution in [3.63, 3.8) is 0 Å². The third-order valence-electron chi connectivity index (χ3n) is 2.73. The number of nitrogens with zero attached hydrogens (tertiary/aromatic N) is 1. The number of anilines is 1. The first-order valence-corrected chi connectivity index (χ1v) is 5.86. The molecule has 0 bridgehead atoms. The first kappa shape index (κ1) is 14.8. The number of esters is 1. The molecule has 0 aliphatic carbocycles. The zero-order chi connectivity index (χ0) is 14.4. The number of aromatic hydroxyl groups is 1. The Labute approximate surface area is 111 Å². The smallest absolute Gasteiger partial charge is 0.305 e. The topological polar surface area (TPSA) is 92.9 Å². The number of methoxy groups -OCH3 is 1. The number of carbonyl (C=O) groups is 2. The zero-order valence-electron chi connectivity index (χ0n) is 11.0. The van der Waals surface area contributed by atoms with E-state index in [1.54, 1.807) is 13.1 Å². The van der Waals surface area contributed by atoms with Gasteiger partial charge in [-0.05, 0) is 24.6 Å². The molecule has 0 fully saturated rings. The Kier molecular flexibility index (Phi) is 5.17. The summed E-state index contributed by atoms with van der Waals surface area (Å²) in [5.41, 5.74) is 6.05. The minimum Gasteiger partial charge on any atom is -0.506 e. The summed E-state index contributed by atoms with van der Waals surface area (Å²) < 4.78 is 4.52. The van der Waals surface area contributed by atoms with Crippen molar-refractivity contribution in [2.24, 2.45) is 0 Å². The molecule has 0 atom stereocenters. The van der Waals surface area contributed by atoms with Crippen molar-refractivity contribution in [1.29, 1.82) is 0 Å². The van der Waals surface area contributed by atoms with Crippen molar-refractivity contribution in [2.75, 3.05) is 26.4 Å². The van der Waals surface area contributed by atoms with E-state index in [9.17, 15) is 14.7 Å². The predicted molar refractivity (Wildman–Crippen MR) is 70.7 cm³/mol. The molecule has 0 heterocycles. The number of nitrogen functional groups attached to an aromatic ring is 1. The SMILES string of the molecule is COC(=O)CCCN(C)C(=O)c1ccc(N)c(O)c1. The number of rotatable bonds is 5. The number of hydrogen-bond donors (Lipinski definition) is 2. The maximum absolute atomic E-state index is 12.0. The van der Waals surface area contributed by atoms with Gasteiger partial charge in [0.1, 0.15) is 5.75 Å². The van der Waals surface area contributed by atoms with Gasteiger partial charge in [-0.25, -0.2) is 0 Å². The lowest BCUT2D eigenvalue weighted by Gasteiger charge is -2.17. The van der Waals surface area contributed by atoms with Crippen LogP contribution in [0.3, 0.4) is 0 Å². The van der Waals surface area contributed by atoms with Crippen LogP contribution in [0.5, 0.6) is 5.75 Å². The molecule has 0 spiro atoms. The van der Waals surface area contributed by atoms with E-state index in [1.807, 2.05) is 0 Å². The molecular formula is C13H18N2O4. The highest BCUT2D eigenvalue weighted by Crippen LogP contribution is 2.21. The molecule has 1 amide bonds. The molecule has 0 radical (unpaired) electrons. The quantitative estimate of drug-likeness (QED) is 0.471. The minimum atomic E-state index is -0.300. The second-order valence-corrected chi connectivity index (χ2v) is 4.18. The predicted octanol–water partition coefficient (Wildman–Crippen LogP) is 1.000.